The number of hydrogen-bond donors (Lipinski definition) is 0. The van der Waals surface area contributed by atoms with Crippen LogP contribution in [0, 0.1) is 0 Å². The van der Waals surface area contributed by atoms with E-state index in [2.05, 4.69) is 126 Å². The quantitative estimate of drug-likeness (QED) is 0.209. The first-order valence-electron chi connectivity index (χ1n) is 13.8. The largest absolute Gasteiger partial charge is 0.291 e. The van der Waals surface area contributed by atoms with E-state index in [0.717, 1.165) is 61.6 Å². The van der Waals surface area contributed by atoms with Crippen molar-refractivity contribution in [3.8, 4) is 33.6 Å². The molecule has 7 rings (SSSR count). The molecule has 0 saturated carbocycles. The van der Waals surface area contributed by atoms with Gasteiger partial charge in [0.1, 0.15) is 12.1 Å². The van der Waals surface area contributed by atoms with E-state index in [-0.39, 0.29) is 0 Å². The van der Waals surface area contributed by atoms with Crippen LogP contribution in [0.15, 0.2) is 134 Å². The number of rotatable bonds is 5. The molecule has 1 aliphatic heterocycles. The third kappa shape index (κ3) is 4.30. The Labute approximate surface area is 240 Å². The second kappa shape index (κ2) is 10.3. The number of nitrogens with zero attached hydrogens (tertiary/aromatic N) is 4. The fourth-order valence-electron chi connectivity index (χ4n) is 5.74. The van der Waals surface area contributed by atoms with Crippen molar-refractivity contribution in [2.75, 3.05) is 4.90 Å². The van der Waals surface area contributed by atoms with Gasteiger partial charge in [-0.1, -0.05) is 91.0 Å². The molecule has 196 valence electrons. The molecule has 0 N–H and O–H groups in total. The number of hydrogen-bond acceptors (Lipinski definition) is 4. The number of allylic oxidation sites excluding steroid dienone is 4. The van der Waals surface area contributed by atoms with Crippen LogP contribution in [0.2, 0.25) is 0 Å². The van der Waals surface area contributed by atoms with E-state index in [1.54, 1.807) is 6.33 Å². The van der Waals surface area contributed by atoms with Crippen molar-refractivity contribution in [2.24, 2.45) is 0 Å². The summed E-state index contributed by atoms with van der Waals surface area (Å²) < 4.78 is 0. The molecule has 0 bridgehead atoms. The molecule has 4 aromatic carbocycles. The summed E-state index contributed by atoms with van der Waals surface area (Å²) in [7, 11) is 0. The first-order chi connectivity index (χ1) is 20.2. The first-order valence-corrected chi connectivity index (χ1v) is 13.8. The summed E-state index contributed by atoms with van der Waals surface area (Å²) in [6.07, 6.45) is 9.92. The number of pyridine rings is 1. The molecule has 2 aromatic heterocycles. The first kappa shape index (κ1) is 24.7. The van der Waals surface area contributed by atoms with Crippen LogP contribution in [0.5, 0.6) is 0 Å². The average Bonchev–Trinajstić information content (AvgIpc) is 3.04. The van der Waals surface area contributed by atoms with E-state index < -0.39 is 0 Å². The number of fused-ring (bicyclic) bond motifs is 2. The van der Waals surface area contributed by atoms with Gasteiger partial charge >= 0.3 is 0 Å². The molecule has 0 fully saturated rings. The van der Waals surface area contributed by atoms with Crippen molar-refractivity contribution in [2.45, 2.75) is 13.8 Å². The molecule has 0 radical (unpaired) electrons. The minimum atomic E-state index is 0.826. The third-order valence-electron chi connectivity index (χ3n) is 7.59. The minimum absolute atomic E-state index is 0.826. The Hall–Kier alpha value is -5.35. The Bertz CT molecular complexity index is 1900. The Kier molecular flexibility index (Phi) is 6.21. The summed E-state index contributed by atoms with van der Waals surface area (Å²) >= 11 is 0. The van der Waals surface area contributed by atoms with Gasteiger partial charge in [0.15, 0.2) is 0 Å². The fraction of sp³-hybridized carbons (Fsp3) is 0.0541. The summed E-state index contributed by atoms with van der Waals surface area (Å²) in [5.41, 5.74) is 10.6. The lowest BCUT2D eigenvalue weighted by Gasteiger charge is -2.32. The van der Waals surface area contributed by atoms with Crippen LogP contribution < -0.4 is 4.90 Å². The van der Waals surface area contributed by atoms with Crippen LogP contribution in [0.25, 0.3) is 50.0 Å². The molecule has 3 heterocycles. The maximum Gasteiger partial charge on any atom is 0.139 e. The van der Waals surface area contributed by atoms with Gasteiger partial charge in [0.2, 0.25) is 0 Å². The molecule has 0 unspecified atom stereocenters. The monoisotopic (exact) mass is 528 g/mol. The summed E-state index contributed by atoms with van der Waals surface area (Å²) in [4.78, 5) is 16.8. The number of aromatic nitrogens is 3. The van der Waals surface area contributed by atoms with Gasteiger partial charge in [0, 0.05) is 16.5 Å². The Morgan fingerprint density at radius 1 is 0.732 bits per heavy atom. The molecule has 1 aliphatic rings. The highest BCUT2D eigenvalue weighted by Gasteiger charge is 2.29. The van der Waals surface area contributed by atoms with Crippen molar-refractivity contribution in [1.29, 1.82) is 0 Å². The zero-order valence-corrected chi connectivity index (χ0v) is 23.0. The Morgan fingerprint density at radius 3 is 2.27 bits per heavy atom. The summed E-state index contributed by atoms with van der Waals surface area (Å²) in [5.74, 6) is 0.826. The van der Waals surface area contributed by atoms with E-state index in [9.17, 15) is 0 Å². The molecular formula is C37H28N4. The number of benzene rings is 4. The van der Waals surface area contributed by atoms with E-state index in [0.29, 0.717) is 0 Å². The van der Waals surface area contributed by atoms with E-state index in [1.165, 1.54) is 11.1 Å². The van der Waals surface area contributed by atoms with Crippen molar-refractivity contribution in [3.63, 3.8) is 0 Å². The fourth-order valence-corrected chi connectivity index (χ4v) is 5.74. The molecule has 0 saturated heterocycles. The second-order valence-electron chi connectivity index (χ2n) is 10.1. The van der Waals surface area contributed by atoms with Gasteiger partial charge in [-0.05, 0) is 71.8 Å². The van der Waals surface area contributed by atoms with Crippen molar-refractivity contribution in [1.82, 2.24) is 15.0 Å². The topological polar surface area (TPSA) is 41.9 Å². The van der Waals surface area contributed by atoms with Gasteiger partial charge in [-0.25, -0.2) is 15.0 Å². The standard InChI is InChI=1S/C37H28N4/c1-3-12-25(4-2)29-19-28-17-11-18-33-36(28)31(20-29)37-34(23-38-24-39-37)41(33)35-22-30(26-13-7-5-8-14-26)21-32(40-35)27-15-9-6-10-16-27/h3-24H,1-2H3/b12-3-,25-4+. The highest BCUT2D eigenvalue weighted by atomic mass is 15.2. The van der Waals surface area contributed by atoms with Gasteiger partial charge in [0.05, 0.1) is 29.0 Å². The van der Waals surface area contributed by atoms with Crippen LogP contribution in [0.3, 0.4) is 0 Å². The molecule has 0 amide bonds. The molecule has 4 nitrogen and oxygen atoms in total. The normalized spacial score (nSPS) is 12.6. The lowest BCUT2D eigenvalue weighted by molar-refractivity contribution is 1.11. The van der Waals surface area contributed by atoms with E-state index >= 15 is 0 Å². The maximum absolute atomic E-state index is 5.25. The smallest absolute Gasteiger partial charge is 0.139 e. The molecule has 6 aromatic rings. The molecule has 4 heteroatoms. The lowest BCUT2D eigenvalue weighted by Crippen LogP contribution is -2.17. The van der Waals surface area contributed by atoms with Crippen molar-refractivity contribution < 1.29 is 0 Å². The third-order valence-corrected chi connectivity index (χ3v) is 7.59. The molecule has 0 spiro atoms. The van der Waals surface area contributed by atoms with Crippen LogP contribution >= 0.6 is 0 Å². The second-order valence-corrected chi connectivity index (χ2v) is 10.1. The summed E-state index contributed by atoms with van der Waals surface area (Å²) in [5, 5.41) is 2.32. The number of anilines is 3. The maximum atomic E-state index is 5.25. The van der Waals surface area contributed by atoms with Gasteiger partial charge in [-0.3, -0.25) is 4.90 Å². The van der Waals surface area contributed by atoms with Crippen molar-refractivity contribution in [3.05, 3.63) is 139 Å². The predicted octanol–water partition coefficient (Wildman–Crippen LogP) is 9.79. The zero-order chi connectivity index (χ0) is 27.8. The van der Waals surface area contributed by atoms with Crippen LogP contribution in [0.4, 0.5) is 17.2 Å². The van der Waals surface area contributed by atoms with Crippen LogP contribution in [-0.2, 0) is 0 Å². The van der Waals surface area contributed by atoms with Crippen LogP contribution in [-0.4, -0.2) is 15.0 Å². The molecule has 41 heavy (non-hydrogen) atoms. The van der Waals surface area contributed by atoms with Crippen molar-refractivity contribution >= 4 is 33.5 Å². The van der Waals surface area contributed by atoms with Gasteiger partial charge in [-0.2, -0.15) is 0 Å². The van der Waals surface area contributed by atoms with E-state index in [1.807, 2.05) is 25.3 Å². The Balaban J connectivity index is 1.51. The average molecular weight is 529 g/mol. The van der Waals surface area contributed by atoms with Gasteiger partial charge < -0.3 is 0 Å². The van der Waals surface area contributed by atoms with E-state index in [4.69, 9.17) is 9.97 Å². The summed E-state index contributed by atoms with van der Waals surface area (Å²) in [6.45, 7) is 4.13. The molecular weight excluding hydrogens is 500 g/mol. The van der Waals surface area contributed by atoms with Gasteiger partial charge in [0.25, 0.3) is 0 Å². The Morgan fingerprint density at radius 2 is 1.51 bits per heavy atom. The highest BCUT2D eigenvalue weighted by molar-refractivity contribution is 6.13. The van der Waals surface area contributed by atoms with Crippen LogP contribution in [0.1, 0.15) is 19.4 Å². The zero-order valence-electron chi connectivity index (χ0n) is 23.0. The van der Waals surface area contributed by atoms with Gasteiger partial charge in [-0.15, -0.1) is 0 Å². The predicted molar refractivity (Wildman–Crippen MR) is 170 cm³/mol. The SMILES string of the molecule is C/C=C\C(=C/C)c1cc2c3c(cccc3c1)N(c1cc(-c3ccccc3)cc(-c3ccccc3)n1)c1cncnc1-2. The molecule has 0 aliphatic carbocycles. The highest BCUT2D eigenvalue weighted by Crippen LogP contribution is 2.50. The summed E-state index contributed by atoms with van der Waals surface area (Å²) in [6, 6.07) is 36.2. The lowest BCUT2D eigenvalue weighted by atomic mass is 9.90. The molecule has 0 atom stereocenters. The minimum Gasteiger partial charge on any atom is -0.291 e.